The zero-order valence-electron chi connectivity index (χ0n) is 16.4. The molecule has 8 heteroatoms. The van der Waals surface area contributed by atoms with E-state index in [1.165, 1.54) is 18.3 Å². The summed E-state index contributed by atoms with van der Waals surface area (Å²) < 4.78 is 10.4. The minimum absolute atomic E-state index is 0.274. The predicted molar refractivity (Wildman–Crippen MR) is 108 cm³/mol. The maximum Gasteiger partial charge on any atom is 0.341 e. The van der Waals surface area contributed by atoms with Gasteiger partial charge in [0.1, 0.15) is 10.8 Å². The Kier molecular flexibility index (Phi) is 7.57. The summed E-state index contributed by atoms with van der Waals surface area (Å²) in [6.45, 7) is 5.01. The fourth-order valence-electron chi connectivity index (χ4n) is 2.62. The van der Waals surface area contributed by atoms with Crippen molar-refractivity contribution in [2.45, 2.75) is 27.2 Å². The number of hydrogen-bond acceptors (Lipinski definition) is 6. The Hall–Kier alpha value is -2.87. The van der Waals surface area contributed by atoms with Gasteiger partial charge in [-0.05, 0) is 37.5 Å². The maximum absolute atomic E-state index is 12.4. The summed E-state index contributed by atoms with van der Waals surface area (Å²) in [4.78, 5) is 36.6. The second-order valence-corrected chi connectivity index (χ2v) is 7.38. The number of esters is 1. The fourth-order valence-corrected chi connectivity index (χ4v) is 3.72. The Balaban J connectivity index is 1.87. The standard InChI is InChI=1S/C20H24N2O5S/c1-12-13(2)28-19(22-14(3)23)18(12)20(25)27-11-17(24)21-10-9-15-7-5-6-8-16(15)26-4/h5-8H,9-11H2,1-4H3,(H,21,24)(H,22,23). The summed E-state index contributed by atoms with van der Waals surface area (Å²) in [5, 5.41) is 5.78. The van der Waals surface area contributed by atoms with Gasteiger partial charge in [-0.3, -0.25) is 9.59 Å². The summed E-state index contributed by atoms with van der Waals surface area (Å²) in [5.41, 5.74) is 2.00. The van der Waals surface area contributed by atoms with Crippen molar-refractivity contribution in [3.05, 3.63) is 45.8 Å². The third kappa shape index (κ3) is 5.56. The molecule has 1 aromatic carbocycles. The van der Waals surface area contributed by atoms with Crippen LogP contribution < -0.4 is 15.4 Å². The number of aryl methyl sites for hydroxylation is 1. The molecule has 0 atom stereocenters. The number of para-hydroxylation sites is 1. The molecule has 2 N–H and O–H groups in total. The van der Waals surface area contributed by atoms with Gasteiger partial charge in [-0.25, -0.2) is 4.79 Å². The highest BCUT2D eigenvalue weighted by atomic mass is 32.1. The van der Waals surface area contributed by atoms with E-state index >= 15 is 0 Å². The molecule has 0 radical (unpaired) electrons. The number of carbonyl (C=O) groups is 3. The summed E-state index contributed by atoms with van der Waals surface area (Å²) in [7, 11) is 1.60. The molecule has 0 aliphatic carbocycles. The van der Waals surface area contributed by atoms with Crippen molar-refractivity contribution in [2.75, 3.05) is 25.6 Å². The third-order valence-electron chi connectivity index (χ3n) is 4.12. The smallest absolute Gasteiger partial charge is 0.341 e. The maximum atomic E-state index is 12.4. The predicted octanol–water partition coefficient (Wildman–Crippen LogP) is 2.85. The van der Waals surface area contributed by atoms with Crippen LogP contribution in [0, 0.1) is 13.8 Å². The number of ether oxygens (including phenoxy) is 2. The minimum Gasteiger partial charge on any atom is -0.496 e. The molecule has 0 spiro atoms. The van der Waals surface area contributed by atoms with E-state index in [0.29, 0.717) is 23.5 Å². The monoisotopic (exact) mass is 404 g/mol. The molecule has 0 aliphatic heterocycles. The zero-order valence-corrected chi connectivity index (χ0v) is 17.2. The average Bonchev–Trinajstić information content (AvgIpc) is 2.93. The van der Waals surface area contributed by atoms with Crippen molar-refractivity contribution in [1.29, 1.82) is 0 Å². The number of carbonyl (C=O) groups excluding carboxylic acids is 3. The first kappa shape index (κ1) is 21.4. The Morgan fingerprint density at radius 3 is 2.54 bits per heavy atom. The Morgan fingerprint density at radius 2 is 1.86 bits per heavy atom. The quantitative estimate of drug-likeness (QED) is 0.660. The molecule has 0 saturated heterocycles. The van der Waals surface area contributed by atoms with Gasteiger partial charge < -0.3 is 20.1 Å². The first-order chi connectivity index (χ1) is 13.3. The molecular formula is C20H24N2O5S. The first-order valence-electron chi connectivity index (χ1n) is 8.76. The van der Waals surface area contributed by atoms with Crippen LogP contribution in [0.15, 0.2) is 24.3 Å². The molecule has 0 unspecified atom stereocenters. The number of benzene rings is 1. The molecule has 2 aromatic rings. The molecule has 7 nitrogen and oxygen atoms in total. The van der Waals surface area contributed by atoms with Crippen LogP contribution in [-0.4, -0.2) is 38.0 Å². The zero-order chi connectivity index (χ0) is 20.7. The van der Waals surface area contributed by atoms with Crippen LogP contribution in [0.5, 0.6) is 5.75 Å². The Bertz CT molecular complexity index is 875. The van der Waals surface area contributed by atoms with Crippen molar-refractivity contribution in [2.24, 2.45) is 0 Å². The summed E-state index contributed by atoms with van der Waals surface area (Å²) in [6, 6.07) is 7.57. The number of rotatable bonds is 8. The lowest BCUT2D eigenvalue weighted by Gasteiger charge is -2.10. The number of nitrogens with one attached hydrogen (secondary N) is 2. The van der Waals surface area contributed by atoms with Crippen molar-refractivity contribution < 1.29 is 23.9 Å². The van der Waals surface area contributed by atoms with Crippen LogP contribution in [0.3, 0.4) is 0 Å². The van der Waals surface area contributed by atoms with E-state index in [-0.39, 0.29) is 5.91 Å². The topological polar surface area (TPSA) is 93.7 Å². The highest BCUT2D eigenvalue weighted by Crippen LogP contribution is 2.32. The first-order valence-corrected chi connectivity index (χ1v) is 9.58. The van der Waals surface area contributed by atoms with E-state index < -0.39 is 18.5 Å². The molecule has 0 fully saturated rings. The van der Waals surface area contributed by atoms with E-state index in [2.05, 4.69) is 10.6 Å². The van der Waals surface area contributed by atoms with Gasteiger partial charge in [0.25, 0.3) is 5.91 Å². The molecule has 28 heavy (non-hydrogen) atoms. The van der Waals surface area contributed by atoms with Crippen molar-refractivity contribution in [3.8, 4) is 5.75 Å². The molecule has 1 heterocycles. The highest BCUT2D eigenvalue weighted by Gasteiger charge is 2.22. The van der Waals surface area contributed by atoms with Gasteiger partial charge in [0.2, 0.25) is 5.91 Å². The summed E-state index contributed by atoms with van der Waals surface area (Å²) in [5.74, 6) is -0.541. The second-order valence-electron chi connectivity index (χ2n) is 6.16. The number of hydrogen-bond donors (Lipinski definition) is 2. The lowest BCUT2D eigenvalue weighted by atomic mass is 10.1. The fraction of sp³-hybridized carbons (Fsp3) is 0.350. The van der Waals surface area contributed by atoms with E-state index in [1.54, 1.807) is 14.0 Å². The largest absolute Gasteiger partial charge is 0.496 e. The van der Waals surface area contributed by atoms with Gasteiger partial charge in [-0.2, -0.15) is 0 Å². The normalized spacial score (nSPS) is 10.3. The van der Waals surface area contributed by atoms with E-state index in [1.807, 2.05) is 31.2 Å². The summed E-state index contributed by atoms with van der Waals surface area (Å²) in [6.07, 6.45) is 0.596. The average molecular weight is 404 g/mol. The molecule has 1 aromatic heterocycles. The van der Waals surface area contributed by atoms with Crippen LogP contribution in [0.1, 0.15) is 33.3 Å². The van der Waals surface area contributed by atoms with Crippen LogP contribution in [0.4, 0.5) is 5.00 Å². The van der Waals surface area contributed by atoms with Crippen LogP contribution in [0.25, 0.3) is 0 Å². The SMILES string of the molecule is COc1ccccc1CCNC(=O)COC(=O)c1c(NC(C)=O)sc(C)c1C. The van der Waals surface area contributed by atoms with Crippen molar-refractivity contribution >= 4 is 34.1 Å². The van der Waals surface area contributed by atoms with Crippen molar-refractivity contribution in [1.82, 2.24) is 5.32 Å². The lowest BCUT2D eigenvalue weighted by Crippen LogP contribution is -2.30. The highest BCUT2D eigenvalue weighted by molar-refractivity contribution is 7.16. The number of anilines is 1. The summed E-state index contributed by atoms with van der Waals surface area (Å²) >= 11 is 1.30. The van der Waals surface area contributed by atoms with Gasteiger partial charge in [0.05, 0.1) is 12.7 Å². The minimum atomic E-state index is -0.634. The molecule has 0 aliphatic rings. The van der Waals surface area contributed by atoms with Crippen LogP contribution >= 0.6 is 11.3 Å². The van der Waals surface area contributed by atoms with Gasteiger partial charge in [0, 0.05) is 18.3 Å². The Labute approximate surface area is 168 Å². The van der Waals surface area contributed by atoms with E-state index in [9.17, 15) is 14.4 Å². The lowest BCUT2D eigenvalue weighted by molar-refractivity contribution is -0.124. The van der Waals surface area contributed by atoms with E-state index in [0.717, 1.165) is 21.8 Å². The van der Waals surface area contributed by atoms with Crippen LogP contribution in [0.2, 0.25) is 0 Å². The van der Waals surface area contributed by atoms with Gasteiger partial charge >= 0.3 is 5.97 Å². The second kappa shape index (κ2) is 9.89. The number of methoxy groups -OCH3 is 1. The third-order valence-corrected chi connectivity index (χ3v) is 5.25. The van der Waals surface area contributed by atoms with E-state index in [4.69, 9.17) is 9.47 Å². The van der Waals surface area contributed by atoms with Crippen LogP contribution in [-0.2, 0) is 20.7 Å². The van der Waals surface area contributed by atoms with Gasteiger partial charge in [0.15, 0.2) is 6.61 Å². The molecule has 0 bridgehead atoms. The molecule has 0 saturated carbocycles. The van der Waals surface area contributed by atoms with Crippen molar-refractivity contribution in [3.63, 3.8) is 0 Å². The molecule has 150 valence electrons. The molecular weight excluding hydrogens is 380 g/mol. The number of thiophene rings is 1. The Morgan fingerprint density at radius 1 is 1.14 bits per heavy atom. The number of amides is 2. The molecule has 2 rings (SSSR count). The molecule has 2 amide bonds. The van der Waals surface area contributed by atoms with Gasteiger partial charge in [-0.15, -0.1) is 11.3 Å². The van der Waals surface area contributed by atoms with Gasteiger partial charge in [-0.1, -0.05) is 18.2 Å².